The lowest BCUT2D eigenvalue weighted by atomic mass is 9.75. The molecule has 4 aromatic rings. The highest BCUT2D eigenvalue weighted by atomic mass is 32.2. The summed E-state index contributed by atoms with van der Waals surface area (Å²) in [4.78, 5) is 21.9. The molecular weight excluding hydrogens is 571 g/mol. The quantitative estimate of drug-likeness (QED) is 0.227. The molecule has 3 N–H and O–H groups in total. The smallest absolute Gasteiger partial charge is 0.281 e. The molecule has 1 saturated carbocycles. The Bertz CT molecular complexity index is 1730. The minimum absolute atomic E-state index is 0.00922. The number of rotatable bonds is 11. The van der Waals surface area contributed by atoms with Gasteiger partial charge in [-0.2, -0.15) is 8.42 Å². The second-order valence-corrected chi connectivity index (χ2v) is 12.7. The van der Waals surface area contributed by atoms with Gasteiger partial charge in [0.25, 0.3) is 15.9 Å². The molecule has 1 aliphatic carbocycles. The number of anilines is 1. The minimum Gasteiger partial charge on any atom is -0.493 e. The number of nitrogens with one attached hydrogen (secondary N) is 1. The van der Waals surface area contributed by atoms with Gasteiger partial charge in [-0.3, -0.25) is 4.79 Å². The van der Waals surface area contributed by atoms with Gasteiger partial charge in [0.15, 0.2) is 5.03 Å². The molecule has 0 unspecified atom stereocenters. The van der Waals surface area contributed by atoms with Crippen LogP contribution in [0.15, 0.2) is 83.9 Å². The van der Waals surface area contributed by atoms with Crippen molar-refractivity contribution >= 4 is 21.7 Å². The molecule has 0 aliphatic heterocycles. The highest BCUT2D eigenvalue weighted by molar-refractivity contribution is 7.90. The van der Waals surface area contributed by atoms with Crippen molar-refractivity contribution in [2.45, 2.75) is 50.2 Å². The molecule has 9 nitrogen and oxygen atoms in total. The molecule has 43 heavy (non-hydrogen) atoms. The van der Waals surface area contributed by atoms with Crippen LogP contribution in [0.5, 0.6) is 11.6 Å². The summed E-state index contributed by atoms with van der Waals surface area (Å²) in [7, 11) is -4.36. The molecule has 11 heteroatoms. The topological polar surface area (TPSA) is 134 Å². The fourth-order valence-corrected chi connectivity index (χ4v) is 5.72. The van der Waals surface area contributed by atoms with Crippen molar-refractivity contribution in [3.05, 3.63) is 95.8 Å². The van der Waals surface area contributed by atoms with Crippen molar-refractivity contribution in [3.63, 3.8) is 0 Å². The van der Waals surface area contributed by atoms with Crippen molar-refractivity contribution in [1.82, 2.24) is 14.7 Å². The summed E-state index contributed by atoms with van der Waals surface area (Å²) in [5.41, 5.74) is 6.70. The van der Waals surface area contributed by atoms with Gasteiger partial charge in [-0.1, -0.05) is 50.2 Å². The summed E-state index contributed by atoms with van der Waals surface area (Å²) in [5.74, 6) is -0.949. The Morgan fingerprint density at radius 1 is 1.02 bits per heavy atom. The van der Waals surface area contributed by atoms with Gasteiger partial charge in [0.05, 0.1) is 12.3 Å². The van der Waals surface area contributed by atoms with E-state index in [0.717, 1.165) is 12.0 Å². The normalized spacial score (nSPS) is 14.1. The first-order chi connectivity index (χ1) is 20.5. The Balaban J connectivity index is 1.52. The lowest BCUT2D eigenvalue weighted by Gasteiger charge is -2.42. The zero-order chi connectivity index (χ0) is 30.6. The minimum atomic E-state index is -4.36. The number of carbonyl (C=O) groups excluding carboxylic acids is 1. The SMILES string of the molecule is CC(C)COc1cc(F)cc(-c2ccc(C(=O)NS(=O)(=O)c3cccc(N)n3)c(OC3(Cc4ccccc4)CCC3)n2)c1. The molecule has 1 aliphatic rings. The number of carbonyl (C=O) groups is 1. The lowest BCUT2D eigenvalue weighted by molar-refractivity contribution is -0.0109. The summed E-state index contributed by atoms with van der Waals surface area (Å²) in [5, 5.41) is -0.402. The molecule has 0 saturated heterocycles. The number of halogens is 1. The third kappa shape index (κ3) is 7.29. The maximum Gasteiger partial charge on any atom is 0.281 e. The number of hydrogen-bond donors (Lipinski definition) is 2. The van der Waals surface area contributed by atoms with Crippen LogP contribution in [-0.2, 0) is 16.4 Å². The lowest BCUT2D eigenvalue weighted by Crippen LogP contribution is -2.46. The molecule has 224 valence electrons. The van der Waals surface area contributed by atoms with E-state index in [9.17, 15) is 17.6 Å². The maximum absolute atomic E-state index is 14.6. The van der Waals surface area contributed by atoms with Crippen LogP contribution in [0.4, 0.5) is 10.2 Å². The average Bonchev–Trinajstić information content (AvgIpc) is 2.95. The van der Waals surface area contributed by atoms with Gasteiger partial charge < -0.3 is 15.2 Å². The second-order valence-electron chi connectivity index (χ2n) is 11.1. The average molecular weight is 605 g/mol. The third-order valence-corrected chi connectivity index (χ3v) is 8.28. The van der Waals surface area contributed by atoms with Crippen molar-refractivity contribution in [1.29, 1.82) is 0 Å². The Morgan fingerprint density at radius 3 is 2.47 bits per heavy atom. The first kappa shape index (κ1) is 30.0. The van der Waals surface area contributed by atoms with E-state index in [1.807, 2.05) is 48.9 Å². The molecule has 0 bridgehead atoms. The number of amides is 1. The number of sulfonamides is 1. The van der Waals surface area contributed by atoms with Gasteiger partial charge >= 0.3 is 0 Å². The van der Waals surface area contributed by atoms with Gasteiger partial charge in [0, 0.05) is 18.1 Å². The number of ether oxygens (including phenoxy) is 2. The standard InChI is InChI=1S/C32H33FN4O5S/c1-21(2)20-41-25-17-23(16-24(33)18-25)27-13-12-26(30(38)37-43(39,40)29-11-6-10-28(34)36-29)31(35-27)42-32(14-7-15-32)19-22-8-4-3-5-9-22/h3-6,8-13,16-18,21H,7,14-15,19-20H2,1-2H3,(H2,34,36)(H,37,38). The van der Waals surface area contributed by atoms with E-state index in [1.54, 1.807) is 6.07 Å². The summed E-state index contributed by atoms with van der Waals surface area (Å²) < 4.78 is 54.9. The summed E-state index contributed by atoms with van der Waals surface area (Å²) >= 11 is 0. The van der Waals surface area contributed by atoms with Crippen molar-refractivity contribution in [2.75, 3.05) is 12.3 Å². The molecule has 0 spiro atoms. The molecule has 5 rings (SSSR count). The first-order valence-corrected chi connectivity index (χ1v) is 15.5. The molecule has 0 radical (unpaired) electrons. The molecular formula is C32H33FN4O5S. The van der Waals surface area contributed by atoms with Crippen LogP contribution in [0.25, 0.3) is 11.3 Å². The largest absolute Gasteiger partial charge is 0.493 e. The summed E-state index contributed by atoms with van der Waals surface area (Å²) in [6, 6.07) is 21.1. The van der Waals surface area contributed by atoms with E-state index in [1.165, 1.54) is 42.5 Å². The van der Waals surface area contributed by atoms with E-state index in [0.29, 0.717) is 42.9 Å². The van der Waals surface area contributed by atoms with Crippen LogP contribution in [-0.4, -0.2) is 36.5 Å². The van der Waals surface area contributed by atoms with Crippen LogP contribution in [0.3, 0.4) is 0 Å². The van der Waals surface area contributed by atoms with E-state index in [4.69, 9.17) is 15.2 Å². The first-order valence-electron chi connectivity index (χ1n) is 14.0. The third-order valence-electron chi connectivity index (χ3n) is 7.05. The van der Waals surface area contributed by atoms with Crippen LogP contribution < -0.4 is 19.9 Å². The van der Waals surface area contributed by atoms with E-state index >= 15 is 0 Å². The van der Waals surface area contributed by atoms with E-state index < -0.39 is 32.4 Å². The van der Waals surface area contributed by atoms with Gasteiger partial charge in [0.2, 0.25) is 5.88 Å². The predicted molar refractivity (Wildman–Crippen MR) is 161 cm³/mol. The zero-order valence-electron chi connectivity index (χ0n) is 23.9. The monoisotopic (exact) mass is 604 g/mol. The second kappa shape index (κ2) is 12.4. The summed E-state index contributed by atoms with van der Waals surface area (Å²) in [6.07, 6.45) is 2.92. The van der Waals surface area contributed by atoms with Gasteiger partial charge in [-0.15, -0.1) is 0 Å². The number of hydrogen-bond acceptors (Lipinski definition) is 8. The highest BCUT2D eigenvalue weighted by Crippen LogP contribution is 2.40. The van der Waals surface area contributed by atoms with Crippen LogP contribution in [0.2, 0.25) is 0 Å². The van der Waals surface area contributed by atoms with Crippen LogP contribution in [0.1, 0.15) is 49.0 Å². The van der Waals surface area contributed by atoms with E-state index in [-0.39, 0.29) is 23.2 Å². The Hall–Kier alpha value is -4.51. The number of benzene rings is 2. The van der Waals surface area contributed by atoms with Gasteiger partial charge in [-0.05, 0) is 67.1 Å². The van der Waals surface area contributed by atoms with Crippen LogP contribution >= 0.6 is 0 Å². The van der Waals surface area contributed by atoms with Crippen LogP contribution in [0, 0.1) is 11.7 Å². The maximum atomic E-state index is 14.6. The van der Waals surface area contributed by atoms with E-state index in [2.05, 4.69) is 9.97 Å². The Kier molecular flexibility index (Phi) is 8.63. The molecule has 1 amide bonds. The number of nitrogens with zero attached hydrogens (tertiary/aromatic N) is 2. The molecule has 2 aromatic heterocycles. The van der Waals surface area contributed by atoms with Crippen molar-refractivity contribution in [3.8, 4) is 22.9 Å². The summed E-state index contributed by atoms with van der Waals surface area (Å²) in [6.45, 7) is 4.38. The molecule has 2 aromatic carbocycles. The number of nitrogens with two attached hydrogens (primary N) is 1. The molecule has 2 heterocycles. The molecule has 0 atom stereocenters. The number of aromatic nitrogens is 2. The zero-order valence-corrected chi connectivity index (χ0v) is 24.7. The van der Waals surface area contributed by atoms with Crippen molar-refractivity contribution in [2.24, 2.45) is 5.92 Å². The number of nitrogen functional groups attached to an aromatic ring is 1. The highest BCUT2D eigenvalue weighted by Gasteiger charge is 2.41. The Morgan fingerprint density at radius 2 is 1.79 bits per heavy atom. The van der Waals surface area contributed by atoms with Crippen molar-refractivity contribution < 1.29 is 27.1 Å². The molecule has 1 fully saturated rings. The van der Waals surface area contributed by atoms with Gasteiger partial charge in [-0.25, -0.2) is 19.1 Å². The predicted octanol–water partition coefficient (Wildman–Crippen LogP) is 5.56. The Labute approximate surface area is 250 Å². The fraction of sp³-hybridized carbons (Fsp3) is 0.281. The van der Waals surface area contributed by atoms with Gasteiger partial charge in [0.1, 0.15) is 28.5 Å². The number of pyridine rings is 2. The fourth-order valence-electron chi connectivity index (χ4n) is 4.78.